The predicted octanol–water partition coefficient (Wildman–Crippen LogP) is 7.53. The van der Waals surface area contributed by atoms with E-state index in [-0.39, 0.29) is 6.61 Å². The van der Waals surface area contributed by atoms with Crippen molar-refractivity contribution in [3.05, 3.63) is 98.2 Å². The molecule has 0 unspecified atom stereocenters. The summed E-state index contributed by atoms with van der Waals surface area (Å²) in [6.07, 6.45) is 3.16. The molecule has 194 valence electrons. The van der Waals surface area contributed by atoms with Crippen molar-refractivity contribution in [3.63, 3.8) is 0 Å². The Labute approximate surface area is 235 Å². The summed E-state index contributed by atoms with van der Waals surface area (Å²) in [6, 6.07) is 17.4. The molecule has 1 aliphatic rings. The first-order chi connectivity index (χ1) is 18.2. The third kappa shape index (κ3) is 6.28. The van der Waals surface area contributed by atoms with Crippen LogP contribution in [0.3, 0.4) is 0 Å². The van der Waals surface area contributed by atoms with Gasteiger partial charge in [0.15, 0.2) is 0 Å². The Bertz CT molecular complexity index is 1670. The summed E-state index contributed by atoms with van der Waals surface area (Å²) in [5, 5.41) is 5.67. The van der Waals surface area contributed by atoms with Gasteiger partial charge in [0.2, 0.25) is 10.0 Å². The van der Waals surface area contributed by atoms with Crippen LogP contribution in [-0.2, 0) is 16.6 Å². The summed E-state index contributed by atoms with van der Waals surface area (Å²) in [5.74, 6) is 7.68. The second kappa shape index (κ2) is 10.9. The van der Waals surface area contributed by atoms with Gasteiger partial charge in [0.1, 0.15) is 23.8 Å². The maximum absolute atomic E-state index is 11.5. The molecule has 1 heterocycles. The van der Waals surface area contributed by atoms with Gasteiger partial charge < -0.3 is 9.26 Å². The van der Waals surface area contributed by atoms with Crippen LogP contribution in [0.15, 0.2) is 65.2 Å². The van der Waals surface area contributed by atoms with Gasteiger partial charge in [-0.05, 0) is 55.3 Å². The summed E-state index contributed by atoms with van der Waals surface area (Å²) in [4.78, 5) is 0. The van der Waals surface area contributed by atoms with E-state index in [4.69, 9.17) is 44.1 Å². The number of halogens is 3. The highest BCUT2D eigenvalue weighted by Gasteiger charge is 2.33. The first-order valence-electron chi connectivity index (χ1n) is 11.6. The van der Waals surface area contributed by atoms with Crippen molar-refractivity contribution >= 4 is 50.5 Å². The van der Waals surface area contributed by atoms with E-state index >= 15 is 0 Å². The summed E-state index contributed by atoms with van der Waals surface area (Å²) >= 11 is 19.4. The highest BCUT2D eigenvalue weighted by molar-refractivity contribution is 7.92. The lowest BCUT2D eigenvalue weighted by Gasteiger charge is -2.10. The van der Waals surface area contributed by atoms with E-state index in [0.29, 0.717) is 54.8 Å². The number of aromatic nitrogens is 1. The summed E-state index contributed by atoms with van der Waals surface area (Å²) in [7, 11) is -3.38. The largest absolute Gasteiger partial charge is 0.489 e. The normalized spacial score (nSPS) is 13.1. The Kier molecular flexibility index (Phi) is 7.60. The van der Waals surface area contributed by atoms with Crippen molar-refractivity contribution in [2.24, 2.45) is 0 Å². The fraction of sp³-hybridized carbons (Fsp3) is 0.179. The molecule has 0 atom stereocenters. The van der Waals surface area contributed by atoms with Crippen molar-refractivity contribution in [1.82, 2.24) is 5.16 Å². The number of benzene rings is 3. The van der Waals surface area contributed by atoms with E-state index in [1.165, 1.54) is 0 Å². The molecule has 1 aromatic heterocycles. The van der Waals surface area contributed by atoms with E-state index in [1.54, 1.807) is 60.7 Å². The minimum atomic E-state index is -3.38. The third-order valence-corrected chi connectivity index (χ3v) is 7.35. The number of ether oxygens (including phenoxy) is 1. The second-order valence-electron chi connectivity index (χ2n) is 8.88. The number of nitrogens with one attached hydrogen (secondary N) is 1. The van der Waals surface area contributed by atoms with Crippen LogP contribution in [0.1, 0.15) is 41.2 Å². The van der Waals surface area contributed by atoms with Crippen LogP contribution in [0.4, 0.5) is 5.69 Å². The summed E-state index contributed by atoms with van der Waals surface area (Å²) < 4.78 is 37.2. The minimum absolute atomic E-state index is 0.202. The SMILES string of the molecule is CS(=O)(=O)Nc1cccc(C#Cc2ccc(OCc3c(-c4c(Cl)cccc4Cl)noc3C3CC3)cc2Cl)c1. The van der Waals surface area contributed by atoms with Crippen LogP contribution in [0.5, 0.6) is 5.75 Å². The van der Waals surface area contributed by atoms with E-state index in [0.717, 1.165) is 30.4 Å². The Balaban J connectivity index is 1.35. The van der Waals surface area contributed by atoms with Gasteiger partial charge in [-0.25, -0.2) is 8.42 Å². The molecule has 1 aliphatic carbocycles. The topological polar surface area (TPSA) is 81.4 Å². The molecule has 0 spiro atoms. The molecule has 1 fully saturated rings. The first kappa shape index (κ1) is 26.5. The van der Waals surface area contributed by atoms with E-state index in [9.17, 15) is 8.42 Å². The number of nitrogens with zero attached hydrogens (tertiary/aromatic N) is 1. The van der Waals surface area contributed by atoms with Gasteiger partial charge in [-0.2, -0.15) is 0 Å². The molecule has 0 bridgehead atoms. The van der Waals surface area contributed by atoms with E-state index in [1.807, 2.05) is 0 Å². The van der Waals surface area contributed by atoms with Crippen LogP contribution in [-0.4, -0.2) is 19.8 Å². The average molecular weight is 588 g/mol. The first-order valence-corrected chi connectivity index (χ1v) is 14.7. The van der Waals surface area contributed by atoms with Gasteiger partial charge in [-0.1, -0.05) is 63.9 Å². The Hall–Kier alpha value is -3.15. The van der Waals surface area contributed by atoms with Crippen molar-refractivity contribution < 1.29 is 17.7 Å². The van der Waals surface area contributed by atoms with E-state index < -0.39 is 10.0 Å². The molecule has 5 rings (SSSR count). The molecule has 1 N–H and O–H groups in total. The van der Waals surface area contributed by atoms with Crippen molar-refractivity contribution in [2.45, 2.75) is 25.4 Å². The second-order valence-corrected chi connectivity index (χ2v) is 11.9. The van der Waals surface area contributed by atoms with Gasteiger partial charge in [-0.3, -0.25) is 4.72 Å². The molecule has 0 saturated heterocycles. The maximum atomic E-state index is 11.5. The molecular weight excluding hydrogens is 567 g/mol. The molecule has 38 heavy (non-hydrogen) atoms. The van der Waals surface area contributed by atoms with Gasteiger partial charge in [0, 0.05) is 34.4 Å². The summed E-state index contributed by atoms with van der Waals surface area (Å²) in [5.41, 5.74) is 3.68. The zero-order chi connectivity index (χ0) is 26.9. The number of hydrogen-bond acceptors (Lipinski definition) is 5. The van der Waals surface area contributed by atoms with Crippen LogP contribution >= 0.6 is 34.8 Å². The lowest BCUT2D eigenvalue weighted by molar-refractivity contribution is 0.300. The monoisotopic (exact) mass is 586 g/mol. The minimum Gasteiger partial charge on any atom is -0.489 e. The lowest BCUT2D eigenvalue weighted by atomic mass is 10.0. The van der Waals surface area contributed by atoms with Crippen LogP contribution < -0.4 is 9.46 Å². The number of anilines is 1. The highest BCUT2D eigenvalue weighted by atomic mass is 35.5. The maximum Gasteiger partial charge on any atom is 0.229 e. The fourth-order valence-electron chi connectivity index (χ4n) is 3.90. The Morgan fingerprint density at radius 1 is 1.00 bits per heavy atom. The van der Waals surface area contributed by atoms with Crippen LogP contribution in [0.2, 0.25) is 15.1 Å². The third-order valence-electron chi connectivity index (χ3n) is 5.80. The highest BCUT2D eigenvalue weighted by Crippen LogP contribution is 2.46. The number of sulfonamides is 1. The predicted molar refractivity (Wildman–Crippen MR) is 151 cm³/mol. The van der Waals surface area contributed by atoms with Gasteiger partial charge in [0.25, 0.3) is 0 Å². The van der Waals surface area contributed by atoms with Crippen molar-refractivity contribution in [2.75, 3.05) is 11.0 Å². The van der Waals surface area contributed by atoms with Gasteiger partial charge in [0.05, 0.1) is 26.9 Å². The Morgan fingerprint density at radius 3 is 2.42 bits per heavy atom. The molecule has 0 aliphatic heterocycles. The van der Waals surface area contributed by atoms with Crippen molar-refractivity contribution in [3.8, 4) is 28.8 Å². The van der Waals surface area contributed by atoms with Crippen LogP contribution in [0.25, 0.3) is 11.3 Å². The average Bonchev–Trinajstić information content (AvgIpc) is 3.61. The molecule has 10 heteroatoms. The molecule has 1 saturated carbocycles. The zero-order valence-corrected chi connectivity index (χ0v) is 23.2. The Morgan fingerprint density at radius 2 is 1.74 bits per heavy atom. The van der Waals surface area contributed by atoms with Crippen LogP contribution in [0, 0.1) is 11.8 Å². The van der Waals surface area contributed by atoms with Gasteiger partial charge in [-0.15, -0.1) is 0 Å². The smallest absolute Gasteiger partial charge is 0.229 e. The number of rotatable bonds is 7. The number of hydrogen-bond donors (Lipinski definition) is 1. The van der Waals surface area contributed by atoms with Gasteiger partial charge >= 0.3 is 0 Å². The summed E-state index contributed by atoms with van der Waals surface area (Å²) in [6.45, 7) is 0.202. The standard InChI is InChI=1S/C28H21Cl3N2O4S/c1-38(34,35)33-20-5-2-4-17(14-20)8-9-18-12-13-21(15-25(18)31)36-16-22-27(32-37-28(22)19-10-11-19)26-23(29)6-3-7-24(26)30/h2-7,12-15,19,33H,10-11,16H2,1H3. The molecule has 4 aromatic rings. The molecule has 0 amide bonds. The lowest BCUT2D eigenvalue weighted by Crippen LogP contribution is -2.09. The quantitative estimate of drug-likeness (QED) is 0.226. The zero-order valence-electron chi connectivity index (χ0n) is 20.1. The van der Waals surface area contributed by atoms with E-state index in [2.05, 4.69) is 21.7 Å². The fourth-order valence-corrected chi connectivity index (χ4v) is 5.25. The molecule has 0 radical (unpaired) electrons. The molecule has 3 aromatic carbocycles. The van der Waals surface area contributed by atoms with Crippen molar-refractivity contribution in [1.29, 1.82) is 0 Å². The molecule has 6 nitrogen and oxygen atoms in total. The molecular formula is C28H21Cl3N2O4S.